The van der Waals surface area contributed by atoms with Gasteiger partial charge in [0.1, 0.15) is 11.2 Å². The first-order chi connectivity index (χ1) is 48.0. The molecule has 2 amide bonds. The highest BCUT2D eigenvalue weighted by Crippen LogP contribution is 2.39. The van der Waals surface area contributed by atoms with Crippen molar-refractivity contribution >= 4 is 112 Å². The highest BCUT2D eigenvalue weighted by Gasteiger charge is 2.35. The Hall–Kier alpha value is -8.52. The highest BCUT2D eigenvalue weighted by atomic mass is 35.5. The largest absolute Gasteiger partial charge is 0.602 e. The highest BCUT2D eigenvalue weighted by molar-refractivity contribution is 7.90. The number of pyridine rings is 1. The fourth-order valence-electron chi connectivity index (χ4n) is 12.9. The zero-order valence-corrected chi connectivity index (χ0v) is 61.8. The molecule has 12 rings (SSSR count). The van der Waals surface area contributed by atoms with Gasteiger partial charge in [0.15, 0.2) is 12.4 Å². The van der Waals surface area contributed by atoms with Gasteiger partial charge in [-0.25, -0.2) is 49.5 Å². The number of likely N-dealkylation sites (tertiary alicyclic amines) is 1. The molecule has 0 spiro atoms. The Balaban J connectivity index is 0.000000207. The second kappa shape index (κ2) is 32.6. The Morgan fingerprint density at radius 1 is 0.594 bits per heavy atom. The van der Waals surface area contributed by atoms with E-state index in [2.05, 4.69) is 37.5 Å². The molecule has 4 aromatic carbocycles. The number of piperidine rings is 1. The number of fused-ring (bicyclic) bond motifs is 2. The summed E-state index contributed by atoms with van der Waals surface area (Å²) < 4.78 is 69.6. The molecule has 534 valence electrons. The van der Waals surface area contributed by atoms with Gasteiger partial charge in [-0.1, -0.05) is 101 Å². The van der Waals surface area contributed by atoms with Crippen molar-refractivity contribution in [3.05, 3.63) is 174 Å². The molecule has 0 radical (unpaired) electrons. The van der Waals surface area contributed by atoms with Gasteiger partial charge in [-0.3, -0.25) is 9.59 Å². The van der Waals surface area contributed by atoms with E-state index in [1.807, 2.05) is 88.9 Å². The maximum absolute atomic E-state index is 13.7. The fraction of sp³-hybridized carbons (Fsp3) is 0.392. The van der Waals surface area contributed by atoms with Crippen molar-refractivity contribution in [2.75, 3.05) is 30.3 Å². The minimum Gasteiger partial charge on any atom is -0.444 e. The maximum Gasteiger partial charge on any atom is 0.602 e. The van der Waals surface area contributed by atoms with Crippen molar-refractivity contribution in [3.63, 3.8) is 0 Å². The molecule has 3 fully saturated rings. The number of para-hydroxylation sites is 2. The molecule has 0 unspecified atom stereocenters. The second-order valence-electron chi connectivity index (χ2n) is 27.5. The number of nitrogens with zero attached hydrogens (tertiary/aromatic N) is 9. The van der Waals surface area contributed by atoms with E-state index in [9.17, 15) is 36.0 Å². The van der Waals surface area contributed by atoms with Crippen LogP contribution in [0.5, 0.6) is 0 Å². The van der Waals surface area contributed by atoms with E-state index < -0.39 is 37.3 Å². The van der Waals surface area contributed by atoms with Gasteiger partial charge in [-0.15, -0.1) is 0 Å². The van der Waals surface area contributed by atoms with Crippen LogP contribution in [0.1, 0.15) is 125 Å². The van der Waals surface area contributed by atoms with Crippen LogP contribution in [0.2, 0.25) is 10.0 Å². The van der Waals surface area contributed by atoms with Crippen LogP contribution in [-0.2, 0) is 45.7 Å². The molecule has 22 nitrogen and oxygen atoms in total. The van der Waals surface area contributed by atoms with E-state index in [0.717, 1.165) is 75.2 Å². The smallest absolute Gasteiger partial charge is 0.444 e. The first-order valence-electron chi connectivity index (χ1n) is 33.8. The number of hydrogen-bond donors (Lipinski definition) is 3. The summed E-state index contributed by atoms with van der Waals surface area (Å²) in [6, 6.07) is 35.6. The molecule has 1 aliphatic heterocycles. The number of anilines is 2. The zero-order valence-electron chi connectivity index (χ0n) is 57.9. The van der Waals surface area contributed by atoms with Crippen LogP contribution in [0.15, 0.2) is 168 Å². The van der Waals surface area contributed by atoms with Gasteiger partial charge in [0, 0.05) is 111 Å². The van der Waals surface area contributed by atoms with E-state index in [-0.39, 0.29) is 51.2 Å². The van der Waals surface area contributed by atoms with Crippen LogP contribution < -0.4 is 20.5 Å². The van der Waals surface area contributed by atoms with Crippen LogP contribution in [0.3, 0.4) is 0 Å². The molecular weight excluding hydrogens is 1390 g/mol. The number of rotatable bonds is 16. The van der Waals surface area contributed by atoms with Crippen molar-refractivity contribution in [3.8, 4) is 22.5 Å². The maximum atomic E-state index is 13.7. The molecule has 6 heterocycles. The molecule has 3 N–H and O–H groups in total. The van der Waals surface area contributed by atoms with E-state index in [1.54, 1.807) is 122 Å². The molecule has 5 aromatic heterocycles. The van der Waals surface area contributed by atoms with E-state index in [1.165, 1.54) is 25.6 Å². The van der Waals surface area contributed by atoms with E-state index in [4.69, 9.17) is 42.6 Å². The SMILES string of the molecule is CC(=O)Cl.CC(=O)N(CC1CCN(C(=O)OC(C)(C)C)CC1)[C@H]1CCC[C@@H](Nc2ncc(Cl)c(-c3cn(S(=O)(=O)c4ccccc4)c4ccccc34)n2)C1.CC(C)(C)OC(=O)[n+]1ccc(CN[C@H]2CCC[C@@H](Nc3ncc(Cl)c(-c4cn(S(=O)(=O)c5ccccc5)c5ccccc45)n3)C2)cc1. The third-order valence-corrected chi connectivity index (χ3v) is 21.5. The number of benzene rings is 4. The third-order valence-electron chi connectivity index (χ3n) is 17.6. The number of nitrogens with one attached hydrogen (secondary N) is 3. The summed E-state index contributed by atoms with van der Waals surface area (Å²) in [7, 11) is -7.74. The van der Waals surface area contributed by atoms with E-state index in [0.29, 0.717) is 93.0 Å². The predicted molar refractivity (Wildman–Crippen MR) is 393 cm³/mol. The minimum absolute atomic E-state index is 0.0263. The van der Waals surface area contributed by atoms with Gasteiger partial charge in [0.2, 0.25) is 23.0 Å². The number of hydrogen-bond acceptors (Lipinski definition) is 17. The lowest BCUT2D eigenvalue weighted by molar-refractivity contribution is -0.588. The van der Waals surface area contributed by atoms with Crippen LogP contribution >= 0.6 is 34.8 Å². The third kappa shape index (κ3) is 19.4. The quantitative estimate of drug-likeness (QED) is 0.0599. The lowest BCUT2D eigenvalue weighted by Crippen LogP contribution is -2.49. The molecule has 2 aliphatic carbocycles. The topological polar surface area (TPSA) is 263 Å². The minimum atomic E-state index is -3.88. The summed E-state index contributed by atoms with van der Waals surface area (Å²) in [6.45, 7) is 16.6. The van der Waals surface area contributed by atoms with Gasteiger partial charge in [0.05, 0.1) is 54.7 Å². The summed E-state index contributed by atoms with van der Waals surface area (Å²) in [6.07, 6.45) is 18.1. The molecule has 101 heavy (non-hydrogen) atoms. The number of aromatic nitrogens is 7. The van der Waals surface area contributed by atoms with Crippen molar-refractivity contribution in [1.29, 1.82) is 0 Å². The van der Waals surface area contributed by atoms with Gasteiger partial charge in [0.25, 0.3) is 20.0 Å². The number of ether oxygens (including phenoxy) is 2. The molecule has 4 atom stereocenters. The first-order valence-corrected chi connectivity index (χ1v) is 37.8. The van der Waals surface area contributed by atoms with Crippen molar-refractivity contribution in [2.24, 2.45) is 5.92 Å². The first kappa shape index (κ1) is 75.2. The average Bonchev–Trinajstić information content (AvgIpc) is 1.61. The average molecular weight is 1470 g/mol. The standard InChI is InChI=1S/C37H45ClN6O5S.C35H38ClN6O4S.C2H3ClO/c1-25(45)43(23-26-17-19-42(20-18-26)36(46)49-37(2,3)4)28-12-10-11-27(21-28)40-35-39-22-32(38)34(41-35)31-24-44(33-16-9-8-15-30(31)33)50(47,48)29-13-6-5-7-14-29;1-35(2,3)46-34(43)41-18-16-24(17-19-41)21-37-25-10-9-11-26(20-25)39-33-38-22-30(36)32(40-33)29-23-42(31-15-8-7-14-28(29)31)47(44,45)27-12-5-4-6-13-27;1-2(3)4/h5-9,13-16,22,24,26-28H,10-12,17-21,23H2,1-4H3,(H,39,40,41);4-8,12-19,22-23,25-26,37H,9-11,20-21H2,1-3H3,(H,38,39,40);1H3/q;+1;/t27-,28+;25-,26+;/m10./s1. The summed E-state index contributed by atoms with van der Waals surface area (Å²) in [5.41, 5.74) is 3.11. The van der Waals surface area contributed by atoms with Gasteiger partial charge in [-0.05, 0) is 165 Å². The summed E-state index contributed by atoms with van der Waals surface area (Å²) >= 11 is 18.0. The Morgan fingerprint density at radius 3 is 1.51 bits per heavy atom. The zero-order chi connectivity index (χ0) is 72.4. The fourth-order valence-corrected chi connectivity index (χ4v) is 16.1. The Kier molecular flexibility index (Phi) is 24.3. The molecule has 9 aromatic rings. The van der Waals surface area contributed by atoms with Crippen LogP contribution in [0.4, 0.5) is 21.5 Å². The Labute approximate surface area is 605 Å². The van der Waals surface area contributed by atoms with Crippen LogP contribution in [0, 0.1) is 5.92 Å². The number of carbonyl (C=O) groups is 4. The number of amides is 2. The van der Waals surface area contributed by atoms with Crippen molar-refractivity contribution in [2.45, 2.75) is 171 Å². The molecular formula is C74H86Cl3N12O10S2+. The number of halogens is 3. The molecule has 27 heteroatoms. The van der Waals surface area contributed by atoms with Gasteiger partial charge >= 0.3 is 12.2 Å². The monoisotopic (exact) mass is 1470 g/mol. The van der Waals surface area contributed by atoms with Crippen LogP contribution in [0.25, 0.3) is 44.3 Å². The van der Waals surface area contributed by atoms with Crippen LogP contribution in [-0.4, -0.2) is 133 Å². The summed E-state index contributed by atoms with van der Waals surface area (Å²) in [4.78, 5) is 69.7. The van der Waals surface area contributed by atoms with Gasteiger partial charge < -0.3 is 35.2 Å². The number of carbonyl (C=O) groups excluding carboxylic acids is 4. The van der Waals surface area contributed by atoms with Gasteiger partial charge in [-0.2, -0.15) is 4.79 Å². The molecule has 2 saturated carbocycles. The Bertz CT molecular complexity index is 4640. The van der Waals surface area contributed by atoms with Crippen molar-refractivity contribution in [1.82, 2.24) is 43.0 Å². The lowest BCUT2D eigenvalue weighted by atomic mass is 9.88. The predicted octanol–water partition coefficient (Wildman–Crippen LogP) is 14.6. The van der Waals surface area contributed by atoms with E-state index >= 15 is 0 Å². The Morgan fingerprint density at radius 2 is 1.04 bits per heavy atom. The lowest BCUT2D eigenvalue weighted by Gasteiger charge is -2.41. The summed E-state index contributed by atoms with van der Waals surface area (Å²) in [5.74, 6) is 1.19. The van der Waals surface area contributed by atoms with Crippen molar-refractivity contribution < 1.29 is 50.1 Å². The summed E-state index contributed by atoms with van der Waals surface area (Å²) in [5, 5.41) is 12.3. The molecule has 0 bridgehead atoms. The second-order valence-corrected chi connectivity index (χ2v) is 32.5. The normalized spacial score (nSPS) is 17.6. The molecule has 3 aliphatic rings. The molecule has 1 saturated heterocycles.